The van der Waals surface area contributed by atoms with E-state index >= 15 is 0 Å². The van der Waals surface area contributed by atoms with E-state index in [-0.39, 0.29) is 5.63 Å². The van der Waals surface area contributed by atoms with Crippen LogP contribution in [0.15, 0.2) is 27.4 Å². The molecule has 1 aromatic heterocycles. The van der Waals surface area contributed by atoms with E-state index < -0.39 is 0 Å². The van der Waals surface area contributed by atoms with Gasteiger partial charge in [-0.2, -0.15) is 0 Å². The molecular formula is C18H22ClNO2. The molecule has 0 aliphatic heterocycles. The molecule has 3 rings (SSSR count). The third kappa shape index (κ3) is 3.21. The van der Waals surface area contributed by atoms with E-state index in [1.54, 1.807) is 6.07 Å². The minimum absolute atomic E-state index is 0.303. The molecule has 0 bridgehead atoms. The van der Waals surface area contributed by atoms with Crippen molar-refractivity contribution in [2.75, 3.05) is 0 Å². The van der Waals surface area contributed by atoms with Crippen LogP contribution in [0.4, 0.5) is 0 Å². The van der Waals surface area contributed by atoms with Crippen LogP contribution in [0.1, 0.15) is 43.7 Å². The quantitative estimate of drug-likeness (QED) is 0.851. The zero-order valence-electron chi connectivity index (χ0n) is 13.1. The van der Waals surface area contributed by atoms with Crippen LogP contribution < -0.4 is 10.9 Å². The molecule has 2 atom stereocenters. The molecule has 2 aromatic rings. The first kappa shape index (κ1) is 15.6. The molecule has 0 amide bonds. The summed E-state index contributed by atoms with van der Waals surface area (Å²) in [6, 6.07) is 5.84. The molecule has 4 heteroatoms. The maximum Gasteiger partial charge on any atom is 0.336 e. The Balaban J connectivity index is 1.89. The Labute approximate surface area is 135 Å². The summed E-state index contributed by atoms with van der Waals surface area (Å²) in [5.74, 6) is 0.686. The second kappa shape index (κ2) is 6.43. The second-order valence-corrected chi connectivity index (χ2v) is 6.84. The van der Waals surface area contributed by atoms with Gasteiger partial charge in [0, 0.05) is 29.1 Å². The Hall–Kier alpha value is -1.32. The molecule has 1 aromatic carbocycles. The van der Waals surface area contributed by atoms with E-state index in [0.29, 0.717) is 29.1 Å². The van der Waals surface area contributed by atoms with E-state index in [1.165, 1.54) is 25.7 Å². The van der Waals surface area contributed by atoms with Crippen LogP contribution in [0.2, 0.25) is 5.02 Å². The second-order valence-electron chi connectivity index (χ2n) is 6.44. The van der Waals surface area contributed by atoms with Crippen molar-refractivity contribution in [2.45, 2.75) is 52.1 Å². The number of nitrogens with one attached hydrogen (secondary N) is 1. The van der Waals surface area contributed by atoms with Gasteiger partial charge >= 0.3 is 5.63 Å². The monoisotopic (exact) mass is 319 g/mol. The lowest BCUT2D eigenvalue weighted by Crippen LogP contribution is -2.36. The van der Waals surface area contributed by atoms with Crippen molar-refractivity contribution in [1.82, 2.24) is 5.32 Å². The first-order valence-electron chi connectivity index (χ1n) is 8.01. The van der Waals surface area contributed by atoms with Gasteiger partial charge in [0.05, 0.1) is 0 Å². The van der Waals surface area contributed by atoms with Crippen LogP contribution in [0.3, 0.4) is 0 Å². The molecule has 1 aliphatic rings. The molecule has 1 aliphatic carbocycles. The summed E-state index contributed by atoms with van der Waals surface area (Å²) in [4.78, 5) is 11.8. The van der Waals surface area contributed by atoms with Crippen molar-refractivity contribution in [3.63, 3.8) is 0 Å². The average Bonchev–Trinajstić information content (AvgIpc) is 2.48. The number of halogens is 1. The van der Waals surface area contributed by atoms with Crippen LogP contribution in [-0.4, -0.2) is 6.04 Å². The third-order valence-corrected chi connectivity index (χ3v) is 5.18. The van der Waals surface area contributed by atoms with Crippen molar-refractivity contribution in [2.24, 2.45) is 5.92 Å². The Morgan fingerprint density at radius 3 is 2.82 bits per heavy atom. The Morgan fingerprint density at radius 1 is 1.27 bits per heavy atom. The van der Waals surface area contributed by atoms with Gasteiger partial charge in [-0.3, -0.25) is 0 Å². The van der Waals surface area contributed by atoms with Crippen LogP contribution in [0.5, 0.6) is 0 Å². The topological polar surface area (TPSA) is 42.2 Å². The summed E-state index contributed by atoms with van der Waals surface area (Å²) in [6.45, 7) is 4.89. The molecule has 1 saturated carbocycles. The van der Waals surface area contributed by atoms with Crippen molar-refractivity contribution in [1.29, 1.82) is 0 Å². The van der Waals surface area contributed by atoms with Gasteiger partial charge in [-0.25, -0.2) is 4.79 Å². The number of aryl methyl sites for hydroxylation is 1. The van der Waals surface area contributed by atoms with Gasteiger partial charge in [-0.15, -0.1) is 0 Å². The summed E-state index contributed by atoms with van der Waals surface area (Å²) in [5, 5.41) is 5.24. The fourth-order valence-electron chi connectivity index (χ4n) is 3.36. The summed E-state index contributed by atoms with van der Waals surface area (Å²) in [5.41, 5.74) is 2.19. The minimum atomic E-state index is -0.303. The smallest absolute Gasteiger partial charge is 0.336 e. The molecule has 118 valence electrons. The Bertz CT molecular complexity index is 738. The van der Waals surface area contributed by atoms with E-state index in [1.807, 2.05) is 19.1 Å². The van der Waals surface area contributed by atoms with Crippen molar-refractivity contribution in [3.8, 4) is 0 Å². The molecule has 3 nitrogen and oxygen atoms in total. The van der Waals surface area contributed by atoms with Gasteiger partial charge < -0.3 is 9.73 Å². The van der Waals surface area contributed by atoms with Crippen LogP contribution in [-0.2, 0) is 6.54 Å². The number of hydrogen-bond acceptors (Lipinski definition) is 3. The number of benzene rings is 1. The predicted molar refractivity (Wildman–Crippen MR) is 90.5 cm³/mol. The Morgan fingerprint density at radius 2 is 2.05 bits per heavy atom. The highest BCUT2D eigenvalue weighted by Gasteiger charge is 2.21. The van der Waals surface area contributed by atoms with E-state index in [9.17, 15) is 4.79 Å². The highest BCUT2D eigenvalue weighted by atomic mass is 35.5. The molecule has 0 saturated heterocycles. The SMILES string of the molecule is Cc1cc2oc(=O)cc(CN[C@H]3CCCC[C@H]3C)c2cc1Cl. The van der Waals surface area contributed by atoms with Crippen molar-refractivity contribution < 1.29 is 4.42 Å². The molecule has 22 heavy (non-hydrogen) atoms. The largest absolute Gasteiger partial charge is 0.423 e. The lowest BCUT2D eigenvalue weighted by atomic mass is 9.86. The highest BCUT2D eigenvalue weighted by Crippen LogP contribution is 2.27. The zero-order chi connectivity index (χ0) is 15.7. The summed E-state index contributed by atoms with van der Waals surface area (Å²) in [7, 11) is 0. The first-order valence-corrected chi connectivity index (χ1v) is 8.38. The molecule has 0 spiro atoms. The predicted octanol–water partition coefficient (Wildman–Crippen LogP) is 4.42. The van der Waals surface area contributed by atoms with E-state index in [2.05, 4.69) is 12.2 Å². The number of rotatable bonds is 3. The maximum absolute atomic E-state index is 11.8. The first-order chi connectivity index (χ1) is 10.5. The van der Waals surface area contributed by atoms with Gasteiger partial charge in [0.15, 0.2) is 0 Å². The lowest BCUT2D eigenvalue weighted by molar-refractivity contribution is 0.279. The van der Waals surface area contributed by atoms with Crippen LogP contribution >= 0.6 is 11.6 Å². The molecule has 1 heterocycles. The van der Waals surface area contributed by atoms with E-state index in [4.69, 9.17) is 16.0 Å². The van der Waals surface area contributed by atoms with Crippen LogP contribution in [0.25, 0.3) is 11.0 Å². The normalized spacial score (nSPS) is 22.1. The summed E-state index contributed by atoms with van der Waals surface area (Å²) < 4.78 is 5.31. The third-order valence-electron chi connectivity index (χ3n) is 4.78. The van der Waals surface area contributed by atoms with Gasteiger partial charge in [0.1, 0.15) is 5.58 Å². The van der Waals surface area contributed by atoms with Gasteiger partial charge in [0.2, 0.25) is 0 Å². The molecule has 0 radical (unpaired) electrons. The maximum atomic E-state index is 11.8. The number of hydrogen-bond donors (Lipinski definition) is 1. The molecular weight excluding hydrogens is 298 g/mol. The molecule has 0 unspecified atom stereocenters. The fraction of sp³-hybridized carbons (Fsp3) is 0.500. The molecule has 1 fully saturated rings. The van der Waals surface area contributed by atoms with Gasteiger partial charge in [0.25, 0.3) is 0 Å². The lowest BCUT2D eigenvalue weighted by Gasteiger charge is -2.29. The standard InChI is InChI=1S/C18H22ClNO2/c1-11-5-3-4-6-16(11)20-10-13-8-18(21)22-17-7-12(2)15(19)9-14(13)17/h7-9,11,16,20H,3-6,10H2,1-2H3/t11-,16+/m1/s1. The fourth-order valence-corrected chi connectivity index (χ4v) is 3.52. The van der Waals surface area contributed by atoms with Gasteiger partial charge in [-0.1, -0.05) is 31.4 Å². The number of fused-ring (bicyclic) bond motifs is 1. The Kier molecular flexibility index (Phi) is 4.55. The van der Waals surface area contributed by atoms with Crippen molar-refractivity contribution >= 4 is 22.6 Å². The highest BCUT2D eigenvalue weighted by molar-refractivity contribution is 6.32. The summed E-state index contributed by atoms with van der Waals surface area (Å²) in [6.07, 6.45) is 5.09. The van der Waals surface area contributed by atoms with Gasteiger partial charge in [-0.05, 0) is 48.9 Å². The zero-order valence-corrected chi connectivity index (χ0v) is 13.9. The minimum Gasteiger partial charge on any atom is -0.423 e. The summed E-state index contributed by atoms with van der Waals surface area (Å²) >= 11 is 6.23. The van der Waals surface area contributed by atoms with E-state index in [0.717, 1.165) is 16.5 Å². The average molecular weight is 320 g/mol. The van der Waals surface area contributed by atoms with Crippen molar-refractivity contribution in [3.05, 3.63) is 44.8 Å². The molecule has 1 N–H and O–H groups in total. The van der Waals surface area contributed by atoms with Crippen LogP contribution in [0, 0.1) is 12.8 Å².